The van der Waals surface area contributed by atoms with E-state index in [1.807, 2.05) is 18.2 Å². The molecule has 4 rings (SSSR count). The quantitative estimate of drug-likeness (QED) is 0.695. The van der Waals surface area contributed by atoms with E-state index in [1.165, 1.54) is 35.5 Å². The van der Waals surface area contributed by atoms with Crippen molar-refractivity contribution in [1.29, 1.82) is 0 Å². The number of aliphatic carboxylic acids is 1. The Labute approximate surface area is 192 Å². The lowest BCUT2D eigenvalue weighted by Crippen LogP contribution is -2.42. The van der Waals surface area contributed by atoms with Gasteiger partial charge in [-0.3, -0.25) is 19.3 Å². The molecule has 1 fully saturated rings. The second-order valence-corrected chi connectivity index (χ2v) is 9.07. The first kappa shape index (κ1) is 22.3. The zero-order chi connectivity index (χ0) is 22.7. The Kier molecular flexibility index (Phi) is 6.80. The summed E-state index contributed by atoms with van der Waals surface area (Å²) in [5.74, 6) is -1.09. The summed E-state index contributed by atoms with van der Waals surface area (Å²) in [6.45, 7) is -0.506. The van der Waals surface area contributed by atoms with Crippen LogP contribution in [0.5, 0.6) is 0 Å². The Bertz CT molecular complexity index is 1030. The monoisotopic (exact) mass is 454 g/mol. The van der Waals surface area contributed by atoms with Gasteiger partial charge in [0.2, 0.25) is 5.91 Å². The number of nitrogens with zero attached hydrogens (tertiary/aromatic N) is 2. The minimum absolute atomic E-state index is 0.138. The van der Waals surface area contributed by atoms with Gasteiger partial charge in [0, 0.05) is 12.2 Å². The van der Waals surface area contributed by atoms with Crippen LogP contribution in [0.15, 0.2) is 42.5 Å². The Morgan fingerprint density at radius 2 is 1.81 bits per heavy atom. The Morgan fingerprint density at radius 1 is 1.06 bits per heavy atom. The van der Waals surface area contributed by atoms with E-state index in [0.29, 0.717) is 16.3 Å². The van der Waals surface area contributed by atoms with Crippen LogP contribution >= 0.6 is 11.6 Å². The molecule has 1 heterocycles. The highest BCUT2D eigenvalue weighted by molar-refractivity contribution is 6.34. The number of aryl methyl sites for hydroxylation is 1. The van der Waals surface area contributed by atoms with E-state index in [-0.39, 0.29) is 19.0 Å². The van der Waals surface area contributed by atoms with Crippen LogP contribution in [0.4, 0.5) is 5.69 Å². The number of anilines is 1. The minimum atomic E-state index is -1.09. The van der Waals surface area contributed by atoms with Gasteiger partial charge in [0.15, 0.2) is 0 Å². The zero-order valence-electron chi connectivity index (χ0n) is 17.9. The molecular formula is C25H27ClN2O4. The topological polar surface area (TPSA) is 77.9 Å². The number of para-hydroxylation sites is 1. The Balaban J connectivity index is 1.56. The highest BCUT2D eigenvalue weighted by Gasteiger charge is 2.31. The highest BCUT2D eigenvalue weighted by atomic mass is 35.5. The van der Waals surface area contributed by atoms with E-state index in [0.717, 1.165) is 29.9 Å². The first-order valence-corrected chi connectivity index (χ1v) is 11.5. The summed E-state index contributed by atoms with van der Waals surface area (Å²) in [7, 11) is 0. The van der Waals surface area contributed by atoms with E-state index < -0.39 is 18.4 Å². The molecule has 0 bridgehead atoms. The summed E-state index contributed by atoms with van der Waals surface area (Å²) >= 11 is 6.52. The number of carbonyl (C=O) groups is 3. The molecule has 1 aliphatic carbocycles. The van der Waals surface area contributed by atoms with Gasteiger partial charge in [-0.05, 0) is 48.1 Å². The number of hydrogen-bond acceptors (Lipinski definition) is 3. The number of amides is 2. The van der Waals surface area contributed by atoms with Crippen LogP contribution < -0.4 is 4.90 Å². The van der Waals surface area contributed by atoms with Gasteiger partial charge in [-0.2, -0.15) is 0 Å². The Hall–Kier alpha value is -2.86. The fourth-order valence-electron chi connectivity index (χ4n) is 4.71. The molecule has 168 valence electrons. The van der Waals surface area contributed by atoms with E-state index >= 15 is 0 Å². The van der Waals surface area contributed by atoms with Gasteiger partial charge in [0.05, 0.1) is 10.6 Å². The number of hydrogen-bond donors (Lipinski definition) is 1. The van der Waals surface area contributed by atoms with E-state index in [9.17, 15) is 14.4 Å². The van der Waals surface area contributed by atoms with Crippen molar-refractivity contribution in [1.82, 2.24) is 4.90 Å². The molecule has 32 heavy (non-hydrogen) atoms. The number of fused-ring (bicyclic) bond motifs is 1. The smallest absolute Gasteiger partial charge is 0.323 e. The highest BCUT2D eigenvalue weighted by Crippen LogP contribution is 2.31. The number of carboxylic acid groups (broad SMARTS) is 1. The molecule has 0 saturated heterocycles. The average Bonchev–Trinajstić information content (AvgIpc) is 3.24. The van der Waals surface area contributed by atoms with Crippen molar-refractivity contribution < 1.29 is 19.5 Å². The lowest BCUT2D eigenvalue weighted by atomic mass is 9.97. The van der Waals surface area contributed by atoms with Crippen LogP contribution in [0, 0.1) is 5.92 Å². The minimum Gasteiger partial charge on any atom is -0.480 e. The zero-order valence-corrected chi connectivity index (χ0v) is 18.7. The van der Waals surface area contributed by atoms with Crippen LogP contribution in [0.2, 0.25) is 5.02 Å². The lowest BCUT2D eigenvalue weighted by Gasteiger charge is -2.23. The van der Waals surface area contributed by atoms with E-state index in [2.05, 4.69) is 0 Å². The average molecular weight is 455 g/mol. The molecule has 2 aliphatic rings. The van der Waals surface area contributed by atoms with Crippen LogP contribution in [0.1, 0.15) is 53.6 Å². The van der Waals surface area contributed by atoms with Gasteiger partial charge in [0.1, 0.15) is 13.1 Å². The van der Waals surface area contributed by atoms with Crippen LogP contribution in [-0.4, -0.2) is 40.9 Å². The van der Waals surface area contributed by atoms with Gasteiger partial charge in [-0.15, -0.1) is 0 Å². The number of halogens is 1. The third-order valence-corrected chi connectivity index (χ3v) is 6.75. The molecule has 2 amide bonds. The molecular weight excluding hydrogens is 428 g/mol. The van der Waals surface area contributed by atoms with Gasteiger partial charge in [-0.1, -0.05) is 61.5 Å². The maximum Gasteiger partial charge on any atom is 0.323 e. The van der Waals surface area contributed by atoms with Crippen molar-refractivity contribution >= 4 is 35.1 Å². The summed E-state index contributed by atoms with van der Waals surface area (Å²) in [4.78, 5) is 40.0. The van der Waals surface area contributed by atoms with Crippen LogP contribution in [0.3, 0.4) is 0 Å². The largest absolute Gasteiger partial charge is 0.480 e. The van der Waals surface area contributed by atoms with Gasteiger partial charge in [0.25, 0.3) is 5.91 Å². The number of rotatable bonds is 6. The summed E-state index contributed by atoms with van der Waals surface area (Å²) in [5, 5.41) is 9.53. The molecule has 2 aromatic rings. The molecule has 0 spiro atoms. The van der Waals surface area contributed by atoms with Gasteiger partial charge in [-0.25, -0.2) is 0 Å². The second kappa shape index (κ2) is 9.74. The number of carboxylic acids is 1. The standard InChI is InChI=1S/C25H27ClN2O4/c26-21-13-18(10-9-17-5-1-2-6-17)11-12-20(21)25(32)28-15-23(29)27(16-24(30)31)14-19-7-3-4-8-22(19)28/h3-4,7-8,11-13,17H,1-2,5-6,9-10,14-16H2,(H,30,31). The fourth-order valence-corrected chi connectivity index (χ4v) is 5.00. The molecule has 0 unspecified atom stereocenters. The number of carbonyl (C=O) groups excluding carboxylic acids is 2. The maximum absolute atomic E-state index is 13.4. The maximum atomic E-state index is 13.4. The first-order chi connectivity index (χ1) is 15.4. The van der Waals surface area contributed by atoms with Crippen LogP contribution in [0.25, 0.3) is 0 Å². The molecule has 7 heteroatoms. The normalized spacial score (nSPS) is 16.7. The molecule has 0 aromatic heterocycles. The van der Waals surface area contributed by atoms with Crippen molar-refractivity contribution in [2.45, 2.75) is 45.1 Å². The number of benzene rings is 2. The molecule has 1 aliphatic heterocycles. The molecule has 6 nitrogen and oxygen atoms in total. The predicted molar refractivity (Wildman–Crippen MR) is 123 cm³/mol. The lowest BCUT2D eigenvalue weighted by molar-refractivity contribution is -0.144. The summed E-state index contributed by atoms with van der Waals surface area (Å²) in [6.07, 6.45) is 7.31. The van der Waals surface area contributed by atoms with Crippen LogP contribution in [-0.2, 0) is 22.6 Å². The summed E-state index contributed by atoms with van der Waals surface area (Å²) in [5.41, 5.74) is 2.77. The summed E-state index contributed by atoms with van der Waals surface area (Å²) in [6, 6.07) is 12.7. The van der Waals surface area contributed by atoms with Crippen molar-refractivity contribution in [3.8, 4) is 0 Å². The molecule has 0 atom stereocenters. The molecule has 1 N–H and O–H groups in total. The SMILES string of the molecule is O=C(O)CN1Cc2ccccc2N(C(=O)c2ccc(CCC3CCCC3)cc2Cl)CC1=O. The van der Waals surface area contributed by atoms with Gasteiger partial charge >= 0.3 is 5.97 Å². The third-order valence-electron chi connectivity index (χ3n) is 6.44. The second-order valence-electron chi connectivity index (χ2n) is 8.67. The Morgan fingerprint density at radius 3 is 2.53 bits per heavy atom. The molecule has 0 radical (unpaired) electrons. The first-order valence-electron chi connectivity index (χ1n) is 11.1. The summed E-state index contributed by atoms with van der Waals surface area (Å²) < 4.78 is 0. The van der Waals surface area contributed by atoms with Crippen molar-refractivity contribution in [3.63, 3.8) is 0 Å². The third kappa shape index (κ3) is 4.96. The molecule has 2 aromatic carbocycles. The van der Waals surface area contributed by atoms with Crippen molar-refractivity contribution in [3.05, 3.63) is 64.2 Å². The van der Waals surface area contributed by atoms with E-state index in [1.54, 1.807) is 24.3 Å². The van der Waals surface area contributed by atoms with E-state index in [4.69, 9.17) is 16.7 Å². The fraction of sp³-hybridized carbons (Fsp3) is 0.400. The van der Waals surface area contributed by atoms with Crippen molar-refractivity contribution in [2.75, 3.05) is 18.0 Å². The van der Waals surface area contributed by atoms with Gasteiger partial charge < -0.3 is 10.0 Å². The molecule has 1 saturated carbocycles. The van der Waals surface area contributed by atoms with Crippen molar-refractivity contribution in [2.24, 2.45) is 5.92 Å². The predicted octanol–water partition coefficient (Wildman–Crippen LogP) is 4.54.